The molecule has 0 spiro atoms. The summed E-state index contributed by atoms with van der Waals surface area (Å²) in [6, 6.07) is 16.4. The predicted molar refractivity (Wildman–Crippen MR) is 91.6 cm³/mol. The van der Waals surface area contributed by atoms with Crippen LogP contribution in [0.3, 0.4) is 0 Å². The Hall–Kier alpha value is -1.51. The molecule has 1 N–H and O–H groups in total. The molecule has 2 aromatic carbocycles. The molecule has 116 valence electrons. The van der Waals surface area contributed by atoms with Gasteiger partial charge in [0.15, 0.2) is 0 Å². The van der Waals surface area contributed by atoms with E-state index in [1.807, 2.05) is 31.2 Å². The van der Waals surface area contributed by atoms with Gasteiger partial charge in [-0.25, -0.2) is 0 Å². The van der Waals surface area contributed by atoms with Crippen LogP contribution in [0, 0.1) is 12.8 Å². The summed E-state index contributed by atoms with van der Waals surface area (Å²) in [4.78, 5) is 0. The van der Waals surface area contributed by atoms with Gasteiger partial charge in [-0.2, -0.15) is 0 Å². The molecule has 1 heterocycles. The Labute approximate surface area is 137 Å². The van der Waals surface area contributed by atoms with Crippen LogP contribution in [0.4, 0.5) is 0 Å². The van der Waals surface area contributed by atoms with Gasteiger partial charge in [0, 0.05) is 16.5 Å². The smallest absolute Gasteiger partial charge is 0.127 e. The number of benzene rings is 2. The van der Waals surface area contributed by atoms with Gasteiger partial charge in [0.1, 0.15) is 11.9 Å². The molecule has 1 unspecified atom stereocenters. The van der Waals surface area contributed by atoms with E-state index >= 15 is 0 Å². The second-order valence-electron chi connectivity index (χ2n) is 5.90. The zero-order chi connectivity index (χ0) is 15.4. The Bertz CT molecular complexity index is 608. The maximum absolute atomic E-state index is 6.44. The molecule has 1 aliphatic heterocycles. The molecule has 0 bridgehead atoms. The Balaban J connectivity index is 1.89. The highest BCUT2D eigenvalue weighted by molar-refractivity contribution is 6.31. The molecule has 1 aliphatic rings. The van der Waals surface area contributed by atoms with Gasteiger partial charge in [-0.05, 0) is 50.6 Å². The van der Waals surface area contributed by atoms with Crippen LogP contribution in [0.25, 0.3) is 0 Å². The van der Waals surface area contributed by atoms with E-state index in [1.54, 1.807) is 0 Å². The maximum atomic E-state index is 6.44. The number of halogens is 1. The zero-order valence-electron chi connectivity index (χ0n) is 12.9. The highest BCUT2D eigenvalue weighted by Crippen LogP contribution is 2.36. The molecule has 1 atom stereocenters. The van der Waals surface area contributed by atoms with Gasteiger partial charge >= 0.3 is 0 Å². The van der Waals surface area contributed by atoms with Crippen LogP contribution in [0.5, 0.6) is 5.75 Å². The molecule has 0 amide bonds. The third-order valence-corrected chi connectivity index (χ3v) is 4.82. The zero-order valence-corrected chi connectivity index (χ0v) is 13.6. The molecule has 3 heteroatoms. The lowest BCUT2D eigenvalue weighted by Crippen LogP contribution is -2.32. The van der Waals surface area contributed by atoms with Gasteiger partial charge in [0.05, 0.1) is 0 Å². The first-order valence-electron chi connectivity index (χ1n) is 7.93. The summed E-state index contributed by atoms with van der Waals surface area (Å²) in [7, 11) is 0. The van der Waals surface area contributed by atoms with Crippen molar-refractivity contribution >= 4 is 11.6 Å². The maximum Gasteiger partial charge on any atom is 0.127 e. The summed E-state index contributed by atoms with van der Waals surface area (Å²) in [5, 5.41) is 4.19. The standard InChI is InChI=1S/C19H22ClNO/c1-14-17(20)8-5-9-18(14)22-19(15-6-3-2-4-7-15)16-10-12-21-13-11-16/h2-9,16,19,21H,10-13H2,1H3. The summed E-state index contributed by atoms with van der Waals surface area (Å²) in [5.74, 6) is 1.42. The molecular weight excluding hydrogens is 294 g/mol. The quantitative estimate of drug-likeness (QED) is 0.877. The monoisotopic (exact) mass is 315 g/mol. The van der Waals surface area contributed by atoms with E-state index in [1.165, 1.54) is 5.56 Å². The highest BCUT2D eigenvalue weighted by atomic mass is 35.5. The number of piperidine rings is 1. The number of rotatable bonds is 4. The molecule has 0 radical (unpaired) electrons. The van der Waals surface area contributed by atoms with Gasteiger partial charge in [-0.1, -0.05) is 48.0 Å². The first-order chi connectivity index (χ1) is 10.8. The lowest BCUT2D eigenvalue weighted by molar-refractivity contribution is 0.112. The Morgan fingerprint density at radius 1 is 1.05 bits per heavy atom. The number of ether oxygens (including phenoxy) is 1. The third-order valence-electron chi connectivity index (χ3n) is 4.41. The second kappa shape index (κ2) is 7.17. The fraction of sp³-hybridized carbons (Fsp3) is 0.368. The lowest BCUT2D eigenvalue weighted by Gasteiger charge is -2.32. The molecular formula is C19H22ClNO. The first-order valence-corrected chi connectivity index (χ1v) is 8.31. The minimum Gasteiger partial charge on any atom is -0.485 e. The number of hydrogen-bond acceptors (Lipinski definition) is 2. The largest absolute Gasteiger partial charge is 0.485 e. The van der Waals surface area contributed by atoms with E-state index in [0.717, 1.165) is 42.3 Å². The number of hydrogen-bond donors (Lipinski definition) is 1. The highest BCUT2D eigenvalue weighted by Gasteiger charge is 2.27. The van der Waals surface area contributed by atoms with Crippen LogP contribution < -0.4 is 10.1 Å². The summed E-state index contributed by atoms with van der Waals surface area (Å²) in [6.07, 6.45) is 2.36. The molecule has 2 nitrogen and oxygen atoms in total. The average molecular weight is 316 g/mol. The van der Waals surface area contributed by atoms with Crippen molar-refractivity contribution in [2.45, 2.75) is 25.9 Å². The van der Waals surface area contributed by atoms with E-state index in [0.29, 0.717) is 5.92 Å². The van der Waals surface area contributed by atoms with Crippen LogP contribution in [-0.4, -0.2) is 13.1 Å². The van der Waals surface area contributed by atoms with E-state index < -0.39 is 0 Å². The van der Waals surface area contributed by atoms with Crippen LogP contribution >= 0.6 is 11.6 Å². The van der Waals surface area contributed by atoms with E-state index in [2.05, 4.69) is 29.6 Å². The van der Waals surface area contributed by atoms with Gasteiger partial charge in [0.2, 0.25) is 0 Å². The molecule has 1 fully saturated rings. The van der Waals surface area contributed by atoms with Gasteiger partial charge in [-0.3, -0.25) is 0 Å². The van der Waals surface area contributed by atoms with Crippen molar-refractivity contribution in [3.8, 4) is 5.75 Å². The van der Waals surface area contributed by atoms with Gasteiger partial charge in [0.25, 0.3) is 0 Å². The van der Waals surface area contributed by atoms with Crippen LogP contribution in [0.15, 0.2) is 48.5 Å². The van der Waals surface area contributed by atoms with Crippen LogP contribution in [-0.2, 0) is 0 Å². The molecule has 0 aliphatic carbocycles. The first kappa shape index (κ1) is 15.4. The SMILES string of the molecule is Cc1c(Cl)cccc1OC(c1ccccc1)C1CCNCC1. The number of nitrogens with one attached hydrogen (secondary N) is 1. The van der Waals surface area contributed by atoms with Crippen molar-refractivity contribution in [1.82, 2.24) is 5.32 Å². The average Bonchev–Trinajstić information content (AvgIpc) is 2.58. The van der Waals surface area contributed by atoms with Gasteiger partial charge in [-0.15, -0.1) is 0 Å². The minimum absolute atomic E-state index is 0.0838. The van der Waals surface area contributed by atoms with Crippen LogP contribution in [0.1, 0.15) is 30.1 Å². The summed E-state index contributed by atoms with van der Waals surface area (Å²) >= 11 is 6.24. The van der Waals surface area contributed by atoms with E-state index in [-0.39, 0.29) is 6.10 Å². The molecule has 0 aromatic heterocycles. The summed E-state index contributed by atoms with van der Waals surface area (Å²) in [5.41, 5.74) is 2.26. The third kappa shape index (κ3) is 3.45. The molecule has 2 aromatic rings. The molecule has 1 saturated heterocycles. The van der Waals surface area contributed by atoms with E-state index in [4.69, 9.17) is 16.3 Å². The Morgan fingerprint density at radius 2 is 1.77 bits per heavy atom. The van der Waals surface area contributed by atoms with Crippen molar-refractivity contribution in [2.24, 2.45) is 5.92 Å². The fourth-order valence-electron chi connectivity index (χ4n) is 3.08. The van der Waals surface area contributed by atoms with Crippen molar-refractivity contribution in [1.29, 1.82) is 0 Å². The van der Waals surface area contributed by atoms with Crippen molar-refractivity contribution in [3.63, 3.8) is 0 Å². The Morgan fingerprint density at radius 3 is 2.50 bits per heavy atom. The van der Waals surface area contributed by atoms with Crippen LogP contribution in [0.2, 0.25) is 5.02 Å². The minimum atomic E-state index is 0.0838. The lowest BCUT2D eigenvalue weighted by atomic mass is 9.88. The fourth-order valence-corrected chi connectivity index (χ4v) is 3.24. The second-order valence-corrected chi connectivity index (χ2v) is 6.31. The summed E-state index contributed by atoms with van der Waals surface area (Å²) < 4.78 is 6.44. The van der Waals surface area contributed by atoms with Crippen molar-refractivity contribution in [3.05, 3.63) is 64.7 Å². The Kier molecular flexibility index (Phi) is 5.01. The molecule has 0 saturated carbocycles. The van der Waals surface area contributed by atoms with Crippen molar-refractivity contribution in [2.75, 3.05) is 13.1 Å². The topological polar surface area (TPSA) is 21.3 Å². The van der Waals surface area contributed by atoms with Crippen molar-refractivity contribution < 1.29 is 4.74 Å². The van der Waals surface area contributed by atoms with E-state index in [9.17, 15) is 0 Å². The normalized spacial score (nSPS) is 17.2. The van der Waals surface area contributed by atoms with Gasteiger partial charge < -0.3 is 10.1 Å². The summed E-state index contributed by atoms with van der Waals surface area (Å²) in [6.45, 7) is 4.14. The molecule has 3 rings (SSSR count). The predicted octanol–water partition coefficient (Wildman–Crippen LogP) is 4.77. The molecule has 22 heavy (non-hydrogen) atoms.